The Morgan fingerprint density at radius 3 is 2.56 bits per heavy atom. The van der Waals surface area contributed by atoms with Crippen LogP contribution in [0.1, 0.15) is 27.3 Å². The smallest absolute Gasteiger partial charge is 0.325 e. The number of esters is 1. The molecule has 1 aromatic heterocycles. The van der Waals surface area contributed by atoms with Crippen molar-refractivity contribution in [3.8, 4) is 0 Å². The number of ether oxygens (including phenoxy) is 1. The minimum absolute atomic E-state index is 0.113. The van der Waals surface area contributed by atoms with Gasteiger partial charge in [0.25, 0.3) is 11.8 Å². The zero-order valence-corrected chi connectivity index (χ0v) is 19.8. The molecule has 0 bridgehead atoms. The van der Waals surface area contributed by atoms with Crippen molar-refractivity contribution < 1.29 is 23.9 Å². The van der Waals surface area contributed by atoms with E-state index in [1.54, 1.807) is 42.6 Å². The van der Waals surface area contributed by atoms with Gasteiger partial charge in [0.2, 0.25) is 5.91 Å². The van der Waals surface area contributed by atoms with Gasteiger partial charge in [-0.15, -0.1) is 0 Å². The summed E-state index contributed by atoms with van der Waals surface area (Å²) in [5.41, 5.74) is 1.46. The van der Waals surface area contributed by atoms with Gasteiger partial charge in [0, 0.05) is 30.2 Å². The van der Waals surface area contributed by atoms with Gasteiger partial charge in [-0.1, -0.05) is 48.5 Å². The van der Waals surface area contributed by atoms with Crippen molar-refractivity contribution in [1.82, 2.24) is 20.5 Å². The first kappa shape index (κ1) is 24.6. The number of hydrogen-bond donors (Lipinski definition) is 2. The molecule has 36 heavy (non-hydrogen) atoms. The highest BCUT2D eigenvalue weighted by atomic mass is 16.5. The molecule has 3 aromatic rings. The highest BCUT2D eigenvalue weighted by Crippen LogP contribution is 2.18. The Bertz CT molecular complexity index is 1320. The van der Waals surface area contributed by atoms with Crippen LogP contribution in [0, 0.1) is 0 Å². The number of nitrogens with zero attached hydrogens (tertiary/aromatic N) is 2. The molecule has 4 rings (SSSR count). The van der Waals surface area contributed by atoms with E-state index in [1.807, 2.05) is 30.3 Å². The molecular weight excluding hydrogens is 460 g/mol. The van der Waals surface area contributed by atoms with E-state index < -0.39 is 23.8 Å². The fourth-order valence-electron chi connectivity index (χ4n) is 4.01. The summed E-state index contributed by atoms with van der Waals surface area (Å²) in [6, 6.07) is 17.0. The Labute approximate surface area is 208 Å². The van der Waals surface area contributed by atoms with Gasteiger partial charge in [0.05, 0.1) is 7.11 Å². The molecule has 1 atom stereocenters. The third kappa shape index (κ3) is 5.75. The van der Waals surface area contributed by atoms with Crippen molar-refractivity contribution in [3.63, 3.8) is 0 Å². The van der Waals surface area contributed by atoms with Gasteiger partial charge in [-0.3, -0.25) is 24.2 Å². The molecule has 0 unspecified atom stereocenters. The van der Waals surface area contributed by atoms with E-state index in [1.165, 1.54) is 12.0 Å². The fourth-order valence-corrected chi connectivity index (χ4v) is 4.01. The van der Waals surface area contributed by atoms with Gasteiger partial charge >= 0.3 is 5.97 Å². The topological polar surface area (TPSA) is 118 Å². The number of aromatic nitrogens is 1. The molecule has 0 saturated heterocycles. The van der Waals surface area contributed by atoms with Crippen LogP contribution >= 0.6 is 0 Å². The molecular formula is C27H26N4O5. The fraction of sp³-hybridized carbons (Fsp3) is 0.222. The summed E-state index contributed by atoms with van der Waals surface area (Å²) >= 11 is 0. The molecule has 9 nitrogen and oxygen atoms in total. The van der Waals surface area contributed by atoms with E-state index in [0.717, 1.165) is 11.0 Å². The van der Waals surface area contributed by atoms with E-state index in [-0.39, 0.29) is 37.7 Å². The SMILES string of the molecule is COC(=O)CN1CC(CNC(=O)c2ccccc2)=CC[C@H](NC(=O)c2nccc3ccccc23)C1=O. The van der Waals surface area contributed by atoms with Crippen LogP contribution in [-0.2, 0) is 14.3 Å². The quantitative estimate of drug-likeness (QED) is 0.390. The number of carbonyl (C=O) groups is 4. The third-order valence-electron chi connectivity index (χ3n) is 5.90. The minimum Gasteiger partial charge on any atom is -0.468 e. The Morgan fingerprint density at radius 1 is 1.03 bits per heavy atom. The monoisotopic (exact) mass is 486 g/mol. The second kappa shape index (κ2) is 11.3. The number of nitrogens with one attached hydrogen (secondary N) is 2. The molecule has 2 heterocycles. The van der Waals surface area contributed by atoms with Gasteiger partial charge in [0.1, 0.15) is 18.3 Å². The zero-order chi connectivity index (χ0) is 25.5. The second-order valence-electron chi connectivity index (χ2n) is 8.32. The predicted octanol–water partition coefficient (Wildman–Crippen LogP) is 2.09. The lowest BCUT2D eigenvalue weighted by Gasteiger charge is -2.25. The molecule has 0 saturated carbocycles. The van der Waals surface area contributed by atoms with Crippen molar-refractivity contribution >= 4 is 34.5 Å². The molecule has 2 N–H and O–H groups in total. The van der Waals surface area contributed by atoms with E-state index in [0.29, 0.717) is 10.9 Å². The summed E-state index contributed by atoms with van der Waals surface area (Å²) < 4.78 is 4.75. The number of pyridine rings is 1. The molecule has 0 aliphatic carbocycles. The normalized spacial score (nSPS) is 15.6. The van der Waals surface area contributed by atoms with Crippen molar-refractivity contribution in [1.29, 1.82) is 0 Å². The largest absolute Gasteiger partial charge is 0.468 e. The lowest BCUT2D eigenvalue weighted by Crippen LogP contribution is -2.49. The van der Waals surface area contributed by atoms with Crippen LogP contribution in [0.5, 0.6) is 0 Å². The maximum Gasteiger partial charge on any atom is 0.325 e. The number of benzene rings is 2. The summed E-state index contributed by atoms with van der Waals surface area (Å²) in [6.07, 6.45) is 3.55. The van der Waals surface area contributed by atoms with Gasteiger partial charge in [-0.2, -0.15) is 0 Å². The number of rotatable bonds is 7. The summed E-state index contributed by atoms with van der Waals surface area (Å²) in [4.78, 5) is 56.4. The van der Waals surface area contributed by atoms with Gasteiger partial charge < -0.3 is 20.3 Å². The van der Waals surface area contributed by atoms with Crippen LogP contribution in [0.4, 0.5) is 0 Å². The summed E-state index contributed by atoms with van der Waals surface area (Å²) in [5, 5.41) is 7.14. The summed E-state index contributed by atoms with van der Waals surface area (Å²) in [5.74, 6) is -1.75. The van der Waals surface area contributed by atoms with Crippen LogP contribution in [0.25, 0.3) is 10.8 Å². The molecule has 184 valence electrons. The first-order valence-electron chi connectivity index (χ1n) is 11.5. The third-order valence-corrected chi connectivity index (χ3v) is 5.90. The molecule has 0 radical (unpaired) electrons. The van der Waals surface area contributed by atoms with E-state index in [2.05, 4.69) is 15.6 Å². The minimum atomic E-state index is -0.912. The van der Waals surface area contributed by atoms with Crippen LogP contribution in [0.3, 0.4) is 0 Å². The van der Waals surface area contributed by atoms with Crippen molar-refractivity contribution in [2.45, 2.75) is 12.5 Å². The molecule has 3 amide bonds. The Kier molecular flexibility index (Phi) is 7.69. The van der Waals surface area contributed by atoms with Gasteiger partial charge in [-0.25, -0.2) is 0 Å². The van der Waals surface area contributed by atoms with Crippen LogP contribution in [0.15, 0.2) is 78.5 Å². The highest BCUT2D eigenvalue weighted by Gasteiger charge is 2.31. The van der Waals surface area contributed by atoms with Crippen molar-refractivity contribution in [2.75, 3.05) is 26.7 Å². The van der Waals surface area contributed by atoms with Crippen molar-refractivity contribution in [2.24, 2.45) is 0 Å². The number of methoxy groups -OCH3 is 1. The highest BCUT2D eigenvalue weighted by molar-refractivity contribution is 6.06. The number of hydrogen-bond acceptors (Lipinski definition) is 6. The first-order valence-corrected chi connectivity index (χ1v) is 11.5. The van der Waals surface area contributed by atoms with E-state index in [4.69, 9.17) is 4.74 Å². The molecule has 9 heteroatoms. The number of fused-ring (bicyclic) bond motifs is 1. The Hall–Kier alpha value is -4.53. The number of amides is 3. The van der Waals surface area contributed by atoms with E-state index in [9.17, 15) is 19.2 Å². The molecule has 1 aliphatic rings. The predicted molar refractivity (Wildman–Crippen MR) is 133 cm³/mol. The average molecular weight is 487 g/mol. The first-order chi connectivity index (χ1) is 17.5. The Balaban J connectivity index is 1.52. The van der Waals surface area contributed by atoms with Crippen LogP contribution in [-0.4, -0.2) is 66.4 Å². The van der Waals surface area contributed by atoms with Gasteiger partial charge in [0.15, 0.2) is 0 Å². The lowest BCUT2D eigenvalue weighted by molar-refractivity contribution is -0.147. The summed E-state index contributed by atoms with van der Waals surface area (Å²) in [6.45, 7) is 0.0182. The van der Waals surface area contributed by atoms with Crippen LogP contribution < -0.4 is 10.6 Å². The lowest BCUT2D eigenvalue weighted by atomic mass is 10.1. The van der Waals surface area contributed by atoms with E-state index >= 15 is 0 Å². The Morgan fingerprint density at radius 2 is 1.78 bits per heavy atom. The molecule has 1 aliphatic heterocycles. The van der Waals surface area contributed by atoms with Crippen molar-refractivity contribution in [3.05, 3.63) is 89.8 Å². The van der Waals surface area contributed by atoms with Gasteiger partial charge in [-0.05, 0) is 35.6 Å². The zero-order valence-electron chi connectivity index (χ0n) is 19.8. The standard InChI is InChI=1S/C27H26N4O5/c1-36-23(32)17-31-16-18(15-29-25(33)20-8-3-2-4-9-20)11-12-22(27(31)35)30-26(34)24-21-10-6-5-7-19(21)13-14-28-24/h2-11,13-14,22H,12,15-17H2,1H3,(H,29,33)(H,30,34)/t22-/m0/s1. The average Bonchev–Trinajstić information content (AvgIpc) is 3.05. The summed E-state index contributed by atoms with van der Waals surface area (Å²) in [7, 11) is 1.24. The molecule has 2 aromatic carbocycles. The van der Waals surface area contributed by atoms with Crippen LogP contribution in [0.2, 0.25) is 0 Å². The molecule has 0 spiro atoms. The maximum atomic E-state index is 13.3. The number of carbonyl (C=O) groups excluding carboxylic acids is 4. The molecule has 0 fully saturated rings. The second-order valence-corrected chi connectivity index (χ2v) is 8.32. The maximum absolute atomic E-state index is 13.3.